The predicted molar refractivity (Wildman–Crippen MR) is 162 cm³/mol. The van der Waals surface area contributed by atoms with Crippen LogP contribution in [0.3, 0.4) is 0 Å². The summed E-state index contributed by atoms with van der Waals surface area (Å²) in [6.45, 7) is 7.77. The highest BCUT2D eigenvalue weighted by molar-refractivity contribution is 6.00. The number of pyridine rings is 2. The number of fused-ring (bicyclic) bond motifs is 1. The number of aromatic amines is 1. The molecule has 3 aromatic heterocycles. The van der Waals surface area contributed by atoms with Crippen LogP contribution in [-0.2, 0) is 6.42 Å². The van der Waals surface area contributed by atoms with Crippen LogP contribution >= 0.6 is 0 Å². The first kappa shape index (κ1) is 28.4. The highest BCUT2D eigenvalue weighted by atomic mass is 19.1. The molecule has 0 unspecified atom stereocenters. The second-order valence-corrected chi connectivity index (χ2v) is 10.3. The maximum atomic E-state index is 13.0. The quantitative estimate of drug-likeness (QED) is 0.325. The van der Waals surface area contributed by atoms with Gasteiger partial charge in [-0.15, -0.1) is 0 Å². The van der Waals surface area contributed by atoms with Gasteiger partial charge in [-0.25, -0.2) is 9.37 Å². The van der Waals surface area contributed by atoms with Gasteiger partial charge in [-0.05, 0) is 56.3 Å². The molecule has 0 radical (unpaired) electrons. The molecule has 1 aromatic carbocycles. The van der Waals surface area contributed by atoms with Crippen LogP contribution in [0, 0.1) is 5.82 Å². The van der Waals surface area contributed by atoms with Crippen LogP contribution < -0.4 is 15.0 Å². The Morgan fingerprint density at radius 3 is 2.63 bits per heavy atom. The molecule has 4 aromatic rings. The predicted octanol–water partition coefficient (Wildman–Crippen LogP) is 4.96. The van der Waals surface area contributed by atoms with Gasteiger partial charge in [-0.2, -0.15) is 0 Å². The first-order chi connectivity index (χ1) is 20.0. The number of hydrogen-bond donors (Lipinski definition) is 2. The van der Waals surface area contributed by atoms with Crippen molar-refractivity contribution in [1.82, 2.24) is 25.2 Å². The van der Waals surface area contributed by atoms with Crippen LogP contribution in [0.1, 0.15) is 35.1 Å². The number of halogens is 1. The van der Waals surface area contributed by atoms with Gasteiger partial charge in [-0.3, -0.25) is 9.78 Å². The Morgan fingerprint density at radius 1 is 1.10 bits per heavy atom. The molecule has 8 nitrogen and oxygen atoms in total. The van der Waals surface area contributed by atoms with Gasteiger partial charge in [0.1, 0.15) is 12.1 Å². The molecule has 6 rings (SSSR count). The zero-order valence-corrected chi connectivity index (χ0v) is 23.9. The number of nitrogens with zero attached hydrogens (tertiary/aromatic N) is 4. The second-order valence-electron chi connectivity index (χ2n) is 10.3. The number of nitrogens with one attached hydrogen (secondary N) is 2. The number of piperazine rings is 1. The fourth-order valence-corrected chi connectivity index (χ4v) is 5.35. The fourth-order valence-electron chi connectivity index (χ4n) is 5.35. The van der Waals surface area contributed by atoms with Crippen molar-refractivity contribution < 1.29 is 13.9 Å². The molecule has 0 bridgehead atoms. The van der Waals surface area contributed by atoms with E-state index in [0.29, 0.717) is 11.3 Å². The number of ether oxygens (including phenoxy) is 1. The normalized spacial score (nSPS) is 15.7. The summed E-state index contributed by atoms with van der Waals surface area (Å²) in [7, 11) is 3.63. The highest BCUT2D eigenvalue weighted by Gasteiger charge is 2.19. The smallest absolute Gasteiger partial charge is 0.171 e. The van der Waals surface area contributed by atoms with E-state index in [0.717, 1.165) is 97.6 Å². The lowest BCUT2D eigenvalue weighted by atomic mass is 9.98. The van der Waals surface area contributed by atoms with Gasteiger partial charge in [0, 0.05) is 78.5 Å². The first-order valence-electron chi connectivity index (χ1n) is 14.1. The van der Waals surface area contributed by atoms with Crippen LogP contribution in [-0.4, -0.2) is 79.6 Å². The lowest BCUT2D eigenvalue weighted by Gasteiger charge is -2.33. The Bertz CT molecular complexity index is 1540. The van der Waals surface area contributed by atoms with E-state index >= 15 is 0 Å². The van der Waals surface area contributed by atoms with E-state index in [2.05, 4.69) is 62.2 Å². The zero-order chi connectivity index (χ0) is 28.8. The first-order valence-corrected chi connectivity index (χ1v) is 14.1. The number of H-pyrrole nitrogens is 1. The number of aryl methyl sites for hydroxylation is 1. The van der Waals surface area contributed by atoms with Crippen molar-refractivity contribution in [3.63, 3.8) is 0 Å². The molecule has 5 heterocycles. The average molecular weight is 557 g/mol. The molecule has 9 heteroatoms. The minimum absolute atomic E-state index is 0.366. The van der Waals surface area contributed by atoms with Crippen molar-refractivity contribution in [1.29, 1.82) is 0 Å². The molecule has 1 fully saturated rings. The number of benzene rings is 1. The average Bonchev–Trinajstić information content (AvgIpc) is 3.46. The summed E-state index contributed by atoms with van der Waals surface area (Å²) >= 11 is 0. The SMILES string of the molecule is CCc1ncccc1-c1cc(C=O)cc2cc(C3=CCCNC3)[nH]c12.COc1cc(F)cnc1N1CCN(C)CC1. The molecule has 0 atom stereocenters. The third kappa shape index (κ3) is 6.47. The van der Waals surface area contributed by atoms with Gasteiger partial charge >= 0.3 is 0 Å². The van der Waals surface area contributed by atoms with Gasteiger partial charge in [0.15, 0.2) is 11.6 Å². The number of anilines is 1. The maximum absolute atomic E-state index is 13.0. The summed E-state index contributed by atoms with van der Waals surface area (Å²) in [5.41, 5.74) is 7.32. The van der Waals surface area contributed by atoms with Crippen LogP contribution in [0.15, 0.2) is 54.9 Å². The van der Waals surface area contributed by atoms with E-state index < -0.39 is 0 Å². The van der Waals surface area contributed by atoms with Gasteiger partial charge in [-0.1, -0.05) is 19.1 Å². The summed E-state index contributed by atoms with van der Waals surface area (Å²) in [5, 5.41) is 4.47. The minimum Gasteiger partial charge on any atom is -0.493 e. The molecular weight excluding hydrogens is 519 g/mol. The van der Waals surface area contributed by atoms with Gasteiger partial charge in [0.25, 0.3) is 0 Å². The maximum Gasteiger partial charge on any atom is 0.171 e. The molecule has 0 spiro atoms. The Balaban J connectivity index is 0.000000182. The number of carbonyl (C=O) groups excluding carboxylic acids is 1. The zero-order valence-electron chi connectivity index (χ0n) is 23.9. The molecule has 214 valence electrons. The largest absolute Gasteiger partial charge is 0.493 e. The third-order valence-electron chi connectivity index (χ3n) is 7.60. The Kier molecular flexibility index (Phi) is 9.06. The number of rotatable bonds is 6. The number of aromatic nitrogens is 3. The number of carbonyl (C=O) groups is 1. The summed E-state index contributed by atoms with van der Waals surface area (Å²) in [4.78, 5) is 28.0. The molecule has 1 saturated heterocycles. The minimum atomic E-state index is -0.366. The molecule has 0 amide bonds. The van der Waals surface area contributed by atoms with Crippen LogP contribution in [0.5, 0.6) is 5.75 Å². The van der Waals surface area contributed by atoms with E-state index in [-0.39, 0.29) is 5.82 Å². The topological polar surface area (TPSA) is 86.4 Å². The standard InChI is InChI=1S/C21H21N3O.C11H16FN3O/c1-2-19-17(6-4-8-23-19)18-10-14(13-25)9-16-11-20(24-21(16)18)15-5-3-7-22-12-15;1-14-3-5-15(6-4-14)11-10(16-2)7-9(12)8-13-11/h4-6,8-11,13,22,24H,2-3,7,12H2,1H3;7-8H,3-6H2,1-2H3. The molecular formula is C32H37FN6O2. The van der Waals surface area contributed by atoms with Crippen LogP contribution in [0.4, 0.5) is 10.2 Å². The van der Waals surface area contributed by atoms with E-state index in [4.69, 9.17) is 4.74 Å². The molecule has 2 aliphatic rings. The molecule has 2 N–H and O–H groups in total. The van der Waals surface area contributed by atoms with Crippen molar-refractivity contribution in [2.75, 3.05) is 58.3 Å². The lowest BCUT2D eigenvalue weighted by Crippen LogP contribution is -2.44. The Hall–Kier alpha value is -4.08. The summed E-state index contributed by atoms with van der Waals surface area (Å²) < 4.78 is 18.1. The number of likely N-dealkylation sites (N-methyl/N-ethyl adjacent to an activating group) is 1. The van der Waals surface area contributed by atoms with Crippen LogP contribution in [0.25, 0.3) is 27.6 Å². The van der Waals surface area contributed by atoms with Gasteiger partial charge < -0.3 is 24.8 Å². The molecule has 2 aliphatic heterocycles. The number of methoxy groups -OCH3 is 1. The summed E-state index contributed by atoms with van der Waals surface area (Å²) in [6.07, 6.45) is 8.14. The fraction of sp³-hybridized carbons (Fsp3) is 0.344. The van der Waals surface area contributed by atoms with Crippen molar-refractivity contribution in [3.05, 3.63) is 77.6 Å². The monoisotopic (exact) mass is 556 g/mol. The Labute approximate surface area is 240 Å². The van der Waals surface area contributed by atoms with Crippen molar-refractivity contribution in [2.24, 2.45) is 0 Å². The molecule has 0 saturated carbocycles. The van der Waals surface area contributed by atoms with Gasteiger partial charge in [0.05, 0.1) is 18.8 Å². The van der Waals surface area contributed by atoms with E-state index in [1.807, 2.05) is 24.4 Å². The highest BCUT2D eigenvalue weighted by Crippen LogP contribution is 2.33. The second kappa shape index (κ2) is 13.1. The van der Waals surface area contributed by atoms with Crippen LogP contribution in [0.2, 0.25) is 0 Å². The van der Waals surface area contributed by atoms with E-state index in [1.54, 1.807) is 0 Å². The lowest BCUT2D eigenvalue weighted by molar-refractivity contribution is 0.112. The van der Waals surface area contributed by atoms with E-state index in [1.165, 1.54) is 24.9 Å². The Morgan fingerprint density at radius 2 is 1.93 bits per heavy atom. The molecule has 0 aliphatic carbocycles. The number of aldehydes is 1. The number of hydrogen-bond acceptors (Lipinski definition) is 7. The van der Waals surface area contributed by atoms with E-state index in [9.17, 15) is 9.18 Å². The molecule has 41 heavy (non-hydrogen) atoms. The van der Waals surface area contributed by atoms with Crippen molar-refractivity contribution in [3.8, 4) is 16.9 Å². The van der Waals surface area contributed by atoms with Crippen molar-refractivity contribution in [2.45, 2.75) is 19.8 Å². The van der Waals surface area contributed by atoms with Crippen molar-refractivity contribution >= 4 is 28.6 Å². The summed E-state index contributed by atoms with van der Waals surface area (Å²) in [5.74, 6) is 0.872. The third-order valence-corrected chi connectivity index (χ3v) is 7.60. The van der Waals surface area contributed by atoms with Gasteiger partial charge in [0.2, 0.25) is 0 Å². The summed E-state index contributed by atoms with van der Waals surface area (Å²) in [6, 6.07) is 11.5.